The number of amides is 1. The molecule has 0 heterocycles. The Morgan fingerprint density at radius 1 is 1.35 bits per heavy atom. The molecule has 1 saturated carbocycles. The van der Waals surface area contributed by atoms with Crippen molar-refractivity contribution in [3.8, 4) is 0 Å². The lowest BCUT2D eigenvalue weighted by Gasteiger charge is -2.29. The lowest BCUT2D eigenvalue weighted by atomic mass is 9.91. The Labute approximate surface area is 110 Å². The van der Waals surface area contributed by atoms with Crippen LogP contribution >= 0.6 is 15.9 Å². The number of hydrogen-bond donors (Lipinski definition) is 2. The van der Waals surface area contributed by atoms with Crippen LogP contribution in [0.1, 0.15) is 36.0 Å². The fourth-order valence-electron chi connectivity index (χ4n) is 2.22. The first-order chi connectivity index (χ1) is 8.16. The largest absolute Gasteiger partial charge is 0.348 e. The number of nitrogens with two attached hydrogens (primary N) is 1. The van der Waals surface area contributed by atoms with E-state index >= 15 is 0 Å². The van der Waals surface area contributed by atoms with Crippen LogP contribution in [0.3, 0.4) is 0 Å². The number of hydrogen-bond acceptors (Lipinski definition) is 2. The molecular weight excluding hydrogens is 280 g/mol. The second-order valence-corrected chi connectivity index (χ2v) is 5.45. The van der Waals surface area contributed by atoms with Crippen LogP contribution in [0.15, 0.2) is 28.7 Å². The van der Waals surface area contributed by atoms with Crippen LogP contribution in [0.5, 0.6) is 0 Å². The third kappa shape index (κ3) is 3.30. The standard InChI is InChI=1S/C13H17BrN2O/c14-10-5-3-4-9(8-10)13(17)16-12-7-2-1-6-11(12)15/h3-5,8,11-12H,1-2,6-7,15H2,(H,16,17). The van der Waals surface area contributed by atoms with Gasteiger partial charge < -0.3 is 11.1 Å². The highest BCUT2D eigenvalue weighted by Gasteiger charge is 2.23. The first-order valence-corrected chi connectivity index (χ1v) is 6.78. The van der Waals surface area contributed by atoms with Gasteiger partial charge >= 0.3 is 0 Å². The van der Waals surface area contributed by atoms with E-state index in [-0.39, 0.29) is 18.0 Å². The van der Waals surface area contributed by atoms with Gasteiger partial charge in [-0.15, -0.1) is 0 Å². The molecule has 0 saturated heterocycles. The molecule has 0 radical (unpaired) electrons. The molecule has 1 aliphatic carbocycles. The van der Waals surface area contributed by atoms with Gasteiger partial charge in [0.1, 0.15) is 0 Å². The van der Waals surface area contributed by atoms with Gasteiger partial charge in [-0.1, -0.05) is 34.8 Å². The summed E-state index contributed by atoms with van der Waals surface area (Å²) in [5.74, 6) is -0.0337. The average molecular weight is 297 g/mol. The van der Waals surface area contributed by atoms with Crippen LogP contribution in [-0.2, 0) is 0 Å². The number of carbonyl (C=O) groups is 1. The zero-order chi connectivity index (χ0) is 12.3. The lowest BCUT2D eigenvalue weighted by Crippen LogP contribution is -2.49. The van der Waals surface area contributed by atoms with Crippen molar-refractivity contribution in [2.24, 2.45) is 5.73 Å². The van der Waals surface area contributed by atoms with Gasteiger partial charge in [0, 0.05) is 22.1 Å². The molecule has 3 nitrogen and oxygen atoms in total. The monoisotopic (exact) mass is 296 g/mol. The predicted molar refractivity (Wildman–Crippen MR) is 71.8 cm³/mol. The molecule has 0 bridgehead atoms. The smallest absolute Gasteiger partial charge is 0.251 e. The lowest BCUT2D eigenvalue weighted by molar-refractivity contribution is 0.0921. The summed E-state index contributed by atoms with van der Waals surface area (Å²) in [6.45, 7) is 0. The van der Waals surface area contributed by atoms with Crippen LogP contribution in [0, 0.1) is 0 Å². The van der Waals surface area contributed by atoms with Crippen LogP contribution in [0.4, 0.5) is 0 Å². The van der Waals surface area contributed by atoms with Crippen molar-refractivity contribution in [2.45, 2.75) is 37.8 Å². The summed E-state index contributed by atoms with van der Waals surface area (Å²) in [7, 11) is 0. The maximum Gasteiger partial charge on any atom is 0.251 e. The normalized spacial score (nSPS) is 24.4. The summed E-state index contributed by atoms with van der Waals surface area (Å²) in [4.78, 5) is 12.0. The Hall–Kier alpha value is -0.870. The van der Waals surface area contributed by atoms with Gasteiger partial charge in [-0.05, 0) is 31.0 Å². The molecule has 1 aromatic rings. The van der Waals surface area contributed by atoms with Crippen LogP contribution in [0.2, 0.25) is 0 Å². The molecule has 0 spiro atoms. The third-order valence-electron chi connectivity index (χ3n) is 3.22. The molecule has 1 aliphatic rings. The topological polar surface area (TPSA) is 55.1 Å². The van der Waals surface area contributed by atoms with E-state index < -0.39 is 0 Å². The maximum atomic E-state index is 12.0. The summed E-state index contributed by atoms with van der Waals surface area (Å²) in [5, 5.41) is 3.03. The molecule has 17 heavy (non-hydrogen) atoms. The van der Waals surface area contributed by atoms with Gasteiger partial charge in [-0.25, -0.2) is 0 Å². The summed E-state index contributed by atoms with van der Waals surface area (Å²) >= 11 is 3.36. The number of carbonyl (C=O) groups excluding carboxylic acids is 1. The van der Waals surface area contributed by atoms with Crippen molar-refractivity contribution in [3.05, 3.63) is 34.3 Å². The number of halogens is 1. The van der Waals surface area contributed by atoms with E-state index in [1.807, 2.05) is 24.3 Å². The number of benzene rings is 1. The van der Waals surface area contributed by atoms with E-state index in [2.05, 4.69) is 21.2 Å². The van der Waals surface area contributed by atoms with Gasteiger partial charge in [0.25, 0.3) is 5.91 Å². The molecule has 1 aromatic carbocycles. The molecule has 0 aliphatic heterocycles. The molecule has 1 amide bonds. The van der Waals surface area contributed by atoms with E-state index in [1.165, 1.54) is 6.42 Å². The fraction of sp³-hybridized carbons (Fsp3) is 0.462. The minimum atomic E-state index is -0.0337. The molecule has 3 N–H and O–H groups in total. The van der Waals surface area contributed by atoms with Crippen LogP contribution in [-0.4, -0.2) is 18.0 Å². The molecule has 2 unspecified atom stereocenters. The highest BCUT2D eigenvalue weighted by atomic mass is 79.9. The Morgan fingerprint density at radius 2 is 2.12 bits per heavy atom. The molecule has 1 fully saturated rings. The Bertz CT molecular complexity index is 408. The summed E-state index contributed by atoms with van der Waals surface area (Å²) in [6, 6.07) is 7.62. The van der Waals surface area contributed by atoms with Crippen molar-refractivity contribution < 1.29 is 4.79 Å². The van der Waals surface area contributed by atoms with Gasteiger partial charge in [-0.3, -0.25) is 4.79 Å². The van der Waals surface area contributed by atoms with Crippen molar-refractivity contribution in [1.82, 2.24) is 5.32 Å². The summed E-state index contributed by atoms with van der Waals surface area (Å²) in [6.07, 6.45) is 4.31. The van der Waals surface area contributed by atoms with E-state index in [4.69, 9.17) is 5.73 Å². The Morgan fingerprint density at radius 3 is 2.82 bits per heavy atom. The van der Waals surface area contributed by atoms with Gasteiger partial charge in [0.2, 0.25) is 0 Å². The summed E-state index contributed by atoms with van der Waals surface area (Å²) in [5.41, 5.74) is 6.69. The molecule has 2 atom stereocenters. The SMILES string of the molecule is NC1CCCCC1NC(=O)c1cccc(Br)c1. The minimum Gasteiger partial charge on any atom is -0.348 e. The van der Waals surface area contributed by atoms with E-state index in [1.54, 1.807) is 0 Å². The minimum absolute atomic E-state index is 0.0337. The quantitative estimate of drug-likeness (QED) is 0.881. The third-order valence-corrected chi connectivity index (χ3v) is 3.72. The van der Waals surface area contributed by atoms with Gasteiger partial charge in [0.15, 0.2) is 0 Å². The number of nitrogens with one attached hydrogen (secondary N) is 1. The molecule has 4 heteroatoms. The van der Waals surface area contributed by atoms with Crippen molar-refractivity contribution in [1.29, 1.82) is 0 Å². The highest BCUT2D eigenvalue weighted by Crippen LogP contribution is 2.18. The Balaban J connectivity index is 2.01. The molecule has 0 aromatic heterocycles. The van der Waals surface area contributed by atoms with Crippen LogP contribution < -0.4 is 11.1 Å². The van der Waals surface area contributed by atoms with E-state index in [0.29, 0.717) is 5.56 Å². The maximum absolute atomic E-state index is 12.0. The second kappa shape index (κ2) is 5.65. The molecular formula is C13H17BrN2O. The number of rotatable bonds is 2. The average Bonchev–Trinajstić information content (AvgIpc) is 2.32. The fourth-order valence-corrected chi connectivity index (χ4v) is 2.62. The zero-order valence-electron chi connectivity index (χ0n) is 9.66. The van der Waals surface area contributed by atoms with Gasteiger partial charge in [-0.2, -0.15) is 0 Å². The molecule has 92 valence electrons. The first-order valence-electron chi connectivity index (χ1n) is 5.99. The second-order valence-electron chi connectivity index (χ2n) is 4.54. The van der Waals surface area contributed by atoms with Crippen molar-refractivity contribution in [3.63, 3.8) is 0 Å². The van der Waals surface area contributed by atoms with E-state index in [0.717, 1.165) is 23.7 Å². The highest BCUT2D eigenvalue weighted by molar-refractivity contribution is 9.10. The first kappa shape index (κ1) is 12.6. The van der Waals surface area contributed by atoms with E-state index in [9.17, 15) is 4.79 Å². The van der Waals surface area contributed by atoms with Crippen LogP contribution in [0.25, 0.3) is 0 Å². The zero-order valence-corrected chi connectivity index (χ0v) is 11.2. The van der Waals surface area contributed by atoms with Crippen molar-refractivity contribution in [2.75, 3.05) is 0 Å². The Kier molecular flexibility index (Phi) is 4.18. The molecule has 2 rings (SSSR count). The van der Waals surface area contributed by atoms with Crippen molar-refractivity contribution >= 4 is 21.8 Å². The summed E-state index contributed by atoms with van der Waals surface area (Å²) < 4.78 is 0.915. The predicted octanol–water partition coefficient (Wildman–Crippen LogP) is 2.45. The van der Waals surface area contributed by atoms with Gasteiger partial charge in [0.05, 0.1) is 0 Å².